The summed E-state index contributed by atoms with van der Waals surface area (Å²) in [6, 6.07) is 5.83. The minimum absolute atomic E-state index is 0.459. The number of hydrogen-bond donors (Lipinski definition) is 1. The molecule has 0 saturated heterocycles. The molecule has 0 spiro atoms. The standard InChI is InChI=1S/C14H17N5O2/c1-2-8-20-11-5-3-4-10-13(11)17-14(15)19(10)7-6-12-16-9-21-18-12/h3-5,9H,2,6-8H2,1H3,(H2,15,17). The number of fused-ring (bicyclic) bond motifs is 1. The smallest absolute Gasteiger partial charge is 0.213 e. The fraction of sp³-hybridized carbons (Fsp3) is 0.357. The van der Waals surface area contributed by atoms with Crippen LogP contribution in [-0.4, -0.2) is 26.3 Å². The highest BCUT2D eigenvalue weighted by Gasteiger charge is 2.13. The Labute approximate surface area is 121 Å². The summed E-state index contributed by atoms with van der Waals surface area (Å²) < 4.78 is 12.4. The average molecular weight is 287 g/mol. The molecule has 0 aliphatic carbocycles. The van der Waals surface area contributed by atoms with Gasteiger partial charge in [-0.05, 0) is 18.6 Å². The molecule has 2 heterocycles. The van der Waals surface area contributed by atoms with Gasteiger partial charge in [0.1, 0.15) is 11.3 Å². The second-order valence-electron chi connectivity index (χ2n) is 4.69. The van der Waals surface area contributed by atoms with Crippen LogP contribution < -0.4 is 10.5 Å². The zero-order chi connectivity index (χ0) is 14.7. The predicted octanol–water partition coefficient (Wildman–Crippen LogP) is 2.03. The molecule has 0 unspecified atom stereocenters. The molecule has 7 heteroatoms. The van der Waals surface area contributed by atoms with E-state index in [2.05, 4.69) is 22.0 Å². The summed E-state index contributed by atoms with van der Waals surface area (Å²) in [5, 5.41) is 3.80. The first-order valence-corrected chi connectivity index (χ1v) is 6.92. The Kier molecular flexibility index (Phi) is 3.72. The van der Waals surface area contributed by atoms with Crippen LogP contribution >= 0.6 is 0 Å². The van der Waals surface area contributed by atoms with Gasteiger partial charge in [-0.1, -0.05) is 18.1 Å². The van der Waals surface area contributed by atoms with Crippen molar-refractivity contribution >= 4 is 17.0 Å². The van der Waals surface area contributed by atoms with Crippen molar-refractivity contribution in [3.8, 4) is 5.75 Å². The van der Waals surface area contributed by atoms with Crippen molar-refractivity contribution in [2.45, 2.75) is 26.3 Å². The molecule has 0 aliphatic rings. The quantitative estimate of drug-likeness (QED) is 0.745. The lowest BCUT2D eigenvalue weighted by Gasteiger charge is -2.06. The minimum atomic E-state index is 0.459. The van der Waals surface area contributed by atoms with Gasteiger partial charge < -0.3 is 19.6 Å². The number of aromatic nitrogens is 4. The number of para-hydroxylation sites is 1. The molecule has 110 valence electrons. The molecule has 2 aromatic heterocycles. The molecule has 0 saturated carbocycles. The topological polar surface area (TPSA) is 92.0 Å². The molecule has 7 nitrogen and oxygen atoms in total. The monoisotopic (exact) mass is 287 g/mol. The molecule has 21 heavy (non-hydrogen) atoms. The fourth-order valence-corrected chi connectivity index (χ4v) is 2.22. The number of aryl methyl sites for hydroxylation is 2. The van der Waals surface area contributed by atoms with Gasteiger partial charge in [-0.15, -0.1) is 0 Å². The van der Waals surface area contributed by atoms with Gasteiger partial charge >= 0.3 is 0 Å². The second-order valence-corrected chi connectivity index (χ2v) is 4.69. The molecule has 0 amide bonds. The molecule has 0 radical (unpaired) electrons. The molecule has 3 rings (SSSR count). The largest absolute Gasteiger partial charge is 0.491 e. The van der Waals surface area contributed by atoms with Crippen LogP contribution in [0.4, 0.5) is 5.95 Å². The zero-order valence-electron chi connectivity index (χ0n) is 11.8. The number of rotatable bonds is 6. The molecule has 0 bridgehead atoms. The van der Waals surface area contributed by atoms with Crippen LogP contribution in [-0.2, 0) is 13.0 Å². The number of nitrogens with two attached hydrogens (primary N) is 1. The summed E-state index contributed by atoms with van der Waals surface area (Å²) in [7, 11) is 0. The average Bonchev–Trinajstić information content (AvgIpc) is 3.10. The van der Waals surface area contributed by atoms with Crippen molar-refractivity contribution in [3.05, 3.63) is 30.4 Å². The van der Waals surface area contributed by atoms with Crippen LogP contribution in [0.15, 0.2) is 29.1 Å². The number of imidazole rings is 1. The number of ether oxygens (including phenoxy) is 1. The van der Waals surface area contributed by atoms with Crippen molar-refractivity contribution in [3.63, 3.8) is 0 Å². The maximum Gasteiger partial charge on any atom is 0.213 e. The molecule has 0 aliphatic heterocycles. The van der Waals surface area contributed by atoms with Crippen molar-refractivity contribution in [1.29, 1.82) is 0 Å². The van der Waals surface area contributed by atoms with E-state index >= 15 is 0 Å². The van der Waals surface area contributed by atoms with E-state index in [1.54, 1.807) is 0 Å². The van der Waals surface area contributed by atoms with Crippen LogP contribution in [0.3, 0.4) is 0 Å². The Hall–Kier alpha value is -2.57. The van der Waals surface area contributed by atoms with Crippen LogP contribution in [0, 0.1) is 0 Å². The van der Waals surface area contributed by atoms with E-state index in [-0.39, 0.29) is 0 Å². The third-order valence-corrected chi connectivity index (χ3v) is 3.20. The Morgan fingerprint density at radius 1 is 1.38 bits per heavy atom. The lowest BCUT2D eigenvalue weighted by atomic mass is 10.3. The summed E-state index contributed by atoms with van der Waals surface area (Å²) in [4.78, 5) is 8.42. The molecular weight excluding hydrogens is 270 g/mol. The molecule has 2 N–H and O–H groups in total. The molecule has 3 aromatic rings. The Morgan fingerprint density at radius 2 is 2.29 bits per heavy atom. The third kappa shape index (κ3) is 2.67. The van der Waals surface area contributed by atoms with E-state index in [9.17, 15) is 0 Å². The third-order valence-electron chi connectivity index (χ3n) is 3.20. The Bertz CT molecular complexity index is 720. The van der Waals surface area contributed by atoms with Gasteiger partial charge in [-0.3, -0.25) is 0 Å². The predicted molar refractivity (Wildman–Crippen MR) is 77.9 cm³/mol. The molecule has 1 aromatic carbocycles. The highest BCUT2D eigenvalue weighted by atomic mass is 16.5. The maximum absolute atomic E-state index is 6.02. The summed E-state index contributed by atoms with van der Waals surface area (Å²) in [5.74, 6) is 1.87. The van der Waals surface area contributed by atoms with Gasteiger partial charge in [-0.25, -0.2) is 4.98 Å². The van der Waals surface area contributed by atoms with Crippen molar-refractivity contribution in [2.24, 2.45) is 0 Å². The van der Waals surface area contributed by atoms with Gasteiger partial charge in [0, 0.05) is 13.0 Å². The van der Waals surface area contributed by atoms with Gasteiger partial charge in [0.25, 0.3) is 0 Å². The minimum Gasteiger partial charge on any atom is -0.491 e. The zero-order valence-corrected chi connectivity index (χ0v) is 11.8. The summed E-state index contributed by atoms with van der Waals surface area (Å²) in [6.07, 6.45) is 2.90. The van der Waals surface area contributed by atoms with E-state index in [4.69, 9.17) is 15.0 Å². The van der Waals surface area contributed by atoms with Gasteiger partial charge in [0.2, 0.25) is 12.3 Å². The maximum atomic E-state index is 6.02. The lowest BCUT2D eigenvalue weighted by molar-refractivity contribution is 0.320. The molecule has 0 atom stereocenters. The van der Waals surface area contributed by atoms with E-state index in [0.29, 0.717) is 31.3 Å². The van der Waals surface area contributed by atoms with E-state index in [1.165, 1.54) is 6.39 Å². The number of hydrogen-bond acceptors (Lipinski definition) is 6. The summed E-state index contributed by atoms with van der Waals surface area (Å²) in [5.41, 5.74) is 7.76. The lowest BCUT2D eigenvalue weighted by Crippen LogP contribution is -2.06. The number of nitrogens with zero attached hydrogens (tertiary/aromatic N) is 4. The highest BCUT2D eigenvalue weighted by Crippen LogP contribution is 2.27. The number of benzene rings is 1. The first-order valence-electron chi connectivity index (χ1n) is 6.92. The van der Waals surface area contributed by atoms with Crippen LogP contribution in [0.2, 0.25) is 0 Å². The van der Waals surface area contributed by atoms with Gasteiger partial charge in [-0.2, -0.15) is 4.98 Å². The number of nitrogen functional groups attached to an aromatic ring is 1. The van der Waals surface area contributed by atoms with Gasteiger partial charge in [0.15, 0.2) is 5.82 Å². The van der Waals surface area contributed by atoms with Crippen molar-refractivity contribution in [1.82, 2.24) is 19.7 Å². The number of anilines is 1. The van der Waals surface area contributed by atoms with Crippen molar-refractivity contribution in [2.75, 3.05) is 12.3 Å². The van der Waals surface area contributed by atoms with E-state index < -0.39 is 0 Å². The molecular formula is C14H17N5O2. The summed E-state index contributed by atoms with van der Waals surface area (Å²) >= 11 is 0. The first kappa shape index (κ1) is 13.4. The Balaban J connectivity index is 1.89. The van der Waals surface area contributed by atoms with E-state index in [1.807, 2.05) is 22.8 Å². The van der Waals surface area contributed by atoms with E-state index in [0.717, 1.165) is 23.2 Å². The van der Waals surface area contributed by atoms with Crippen LogP contribution in [0.5, 0.6) is 5.75 Å². The summed E-state index contributed by atoms with van der Waals surface area (Å²) in [6.45, 7) is 3.37. The fourth-order valence-electron chi connectivity index (χ4n) is 2.22. The highest BCUT2D eigenvalue weighted by molar-refractivity contribution is 5.84. The SMILES string of the molecule is CCCOc1cccc2c1nc(N)n2CCc1ncon1. The van der Waals surface area contributed by atoms with Crippen LogP contribution in [0.25, 0.3) is 11.0 Å². The first-order chi connectivity index (χ1) is 10.3. The Morgan fingerprint density at radius 3 is 3.05 bits per heavy atom. The van der Waals surface area contributed by atoms with Crippen LogP contribution in [0.1, 0.15) is 19.2 Å². The second kappa shape index (κ2) is 5.82. The van der Waals surface area contributed by atoms with Crippen molar-refractivity contribution < 1.29 is 9.26 Å². The van der Waals surface area contributed by atoms with Gasteiger partial charge in [0.05, 0.1) is 12.1 Å². The normalized spacial score (nSPS) is 11.1. The molecule has 0 fully saturated rings.